The topological polar surface area (TPSA) is 37.3 Å². The first-order valence-electron chi connectivity index (χ1n) is 9.49. The summed E-state index contributed by atoms with van der Waals surface area (Å²) in [5, 5.41) is 9.35. The van der Waals surface area contributed by atoms with Gasteiger partial charge in [-0.05, 0) is 25.7 Å². The van der Waals surface area contributed by atoms with Crippen LogP contribution in [0, 0.1) is 10.8 Å². The van der Waals surface area contributed by atoms with E-state index in [-0.39, 0.29) is 5.41 Å². The van der Waals surface area contributed by atoms with Gasteiger partial charge in [-0.3, -0.25) is 4.79 Å². The van der Waals surface area contributed by atoms with E-state index in [1.807, 2.05) is 13.8 Å². The van der Waals surface area contributed by atoms with Crippen LogP contribution in [0.3, 0.4) is 0 Å². The third kappa shape index (κ3) is 8.19. The van der Waals surface area contributed by atoms with Crippen LogP contribution >= 0.6 is 0 Å². The number of carboxylic acid groups (broad SMARTS) is 1. The Labute approximate surface area is 139 Å². The van der Waals surface area contributed by atoms with Crippen LogP contribution in [0.15, 0.2) is 0 Å². The largest absolute Gasteiger partial charge is 0.481 e. The molecular formula is C20H40O2. The lowest BCUT2D eigenvalue weighted by Gasteiger charge is -2.38. The van der Waals surface area contributed by atoms with Crippen molar-refractivity contribution in [3.8, 4) is 0 Å². The maximum Gasteiger partial charge on any atom is 0.309 e. The summed E-state index contributed by atoms with van der Waals surface area (Å²) in [6.45, 7) is 10.2. The van der Waals surface area contributed by atoms with Gasteiger partial charge < -0.3 is 5.11 Å². The molecule has 0 bridgehead atoms. The molecule has 0 saturated carbocycles. The number of aliphatic carboxylic acids is 1. The van der Waals surface area contributed by atoms with Crippen molar-refractivity contribution in [2.45, 2.75) is 112 Å². The monoisotopic (exact) mass is 312 g/mol. The molecule has 0 saturated heterocycles. The Morgan fingerprint density at radius 1 is 0.727 bits per heavy atom. The maximum atomic E-state index is 11.4. The van der Waals surface area contributed by atoms with Gasteiger partial charge in [0.05, 0.1) is 5.41 Å². The highest BCUT2D eigenvalue weighted by Crippen LogP contribution is 2.42. The summed E-state index contributed by atoms with van der Waals surface area (Å²) in [4.78, 5) is 11.4. The molecule has 0 aromatic heterocycles. The van der Waals surface area contributed by atoms with E-state index in [9.17, 15) is 9.90 Å². The molecule has 1 N–H and O–H groups in total. The molecule has 2 heteroatoms. The third-order valence-electron chi connectivity index (χ3n) is 5.63. The Morgan fingerprint density at radius 3 is 1.45 bits per heavy atom. The van der Waals surface area contributed by atoms with E-state index in [1.165, 1.54) is 64.2 Å². The SMILES string of the molecule is CCCCCCCCCCCCCC(C)(C)C(C)(C)C(=O)O. The Balaban J connectivity index is 3.59. The number of rotatable bonds is 14. The quantitative estimate of drug-likeness (QED) is 0.357. The first-order valence-corrected chi connectivity index (χ1v) is 9.49. The van der Waals surface area contributed by atoms with Crippen molar-refractivity contribution in [2.75, 3.05) is 0 Å². The summed E-state index contributed by atoms with van der Waals surface area (Å²) in [7, 11) is 0. The van der Waals surface area contributed by atoms with Crippen molar-refractivity contribution < 1.29 is 9.90 Å². The van der Waals surface area contributed by atoms with Crippen molar-refractivity contribution in [3.05, 3.63) is 0 Å². The summed E-state index contributed by atoms with van der Waals surface area (Å²) in [5.41, 5.74) is -0.788. The van der Waals surface area contributed by atoms with E-state index in [4.69, 9.17) is 0 Å². The summed E-state index contributed by atoms with van der Waals surface area (Å²) < 4.78 is 0. The first-order chi connectivity index (χ1) is 10.3. The highest BCUT2D eigenvalue weighted by atomic mass is 16.4. The average Bonchev–Trinajstić information content (AvgIpc) is 2.44. The molecule has 0 fully saturated rings. The van der Waals surface area contributed by atoms with E-state index in [1.54, 1.807) is 0 Å². The molecule has 0 unspecified atom stereocenters. The van der Waals surface area contributed by atoms with Crippen molar-refractivity contribution in [1.29, 1.82) is 0 Å². The molecule has 0 rings (SSSR count). The first kappa shape index (κ1) is 21.5. The molecule has 2 nitrogen and oxygen atoms in total. The Morgan fingerprint density at radius 2 is 1.09 bits per heavy atom. The van der Waals surface area contributed by atoms with Crippen molar-refractivity contribution >= 4 is 5.97 Å². The third-order valence-corrected chi connectivity index (χ3v) is 5.63. The van der Waals surface area contributed by atoms with E-state index >= 15 is 0 Å². The minimum Gasteiger partial charge on any atom is -0.481 e. The molecule has 0 radical (unpaired) electrons. The van der Waals surface area contributed by atoms with Gasteiger partial charge in [0.2, 0.25) is 0 Å². The van der Waals surface area contributed by atoms with Crippen LogP contribution in [0.4, 0.5) is 0 Å². The number of hydrogen-bond acceptors (Lipinski definition) is 1. The van der Waals surface area contributed by atoms with Gasteiger partial charge in [0.25, 0.3) is 0 Å². The van der Waals surface area contributed by atoms with Crippen molar-refractivity contribution in [3.63, 3.8) is 0 Å². The zero-order valence-electron chi connectivity index (χ0n) is 15.8. The summed E-state index contributed by atoms with van der Waals surface area (Å²) in [5.74, 6) is -0.680. The van der Waals surface area contributed by atoms with Gasteiger partial charge >= 0.3 is 5.97 Å². The molecule has 0 aliphatic rings. The Bertz CT molecular complexity index is 292. The normalized spacial score (nSPS) is 12.6. The van der Waals surface area contributed by atoms with Gasteiger partial charge in [-0.15, -0.1) is 0 Å². The summed E-state index contributed by atoms with van der Waals surface area (Å²) in [6, 6.07) is 0. The smallest absolute Gasteiger partial charge is 0.309 e. The highest BCUT2D eigenvalue weighted by Gasteiger charge is 2.42. The molecule has 0 aliphatic carbocycles. The molecular weight excluding hydrogens is 272 g/mol. The van der Waals surface area contributed by atoms with Gasteiger partial charge in [0, 0.05) is 0 Å². The number of carboxylic acids is 1. The second-order valence-corrected chi connectivity index (χ2v) is 8.10. The minimum absolute atomic E-state index is 0.141. The molecule has 0 atom stereocenters. The second-order valence-electron chi connectivity index (χ2n) is 8.10. The predicted octanol–water partition coefficient (Wildman–Crippen LogP) is 6.82. The van der Waals surface area contributed by atoms with Crippen molar-refractivity contribution in [2.24, 2.45) is 10.8 Å². The zero-order chi connectivity index (χ0) is 17.1. The summed E-state index contributed by atoms with van der Waals surface area (Å²) >= 11 is 0. The fourth-order valence-electron chi connectivity index (χ4n) is 2.83. The molecule has 0 heterocycles. The fourth-order valence-corrected chi connectivity index (χ4v) is 2.83. The van der Waals surface area contributed by atoms with Crippen LogP contribution in [-0.2, 0) is 4.79 Å². The highest BCUT2D eigenvalue weighted by molar-refractivity contribution is 5.74. The second kappa shape index (κ2) is 11.1. The minimum atomic E-state index is -0.680. The van der Waals surface area contributed by atoms with Crippen molar-refractivity contribution in [1.82, 2.24) is 0 Å². The van der Waals surface area contributed by atoms with Crippen LogP contribution in [-0.4, -0.2) is 11.1 Å². The van der Waals surface area contributed by atoms with Crippen LogP contribution in [0.1, 0.15) is 112 Å². The van der Waals surface area contributed by atoms with Gasteiger partial charge in [-0.1, -0.05) is 91.4 Å². The maximum absolute atomic E-state index is 11.4. The lowest BCUT2D eigenvalue weighted by molar-refractivity contribution is -0.154. The van der Waals surface area contributed by atoms with Gasteiger partial charge in [0.15, 0.2) is 0 Å². The van der Waals surface area contributed by atoms with E-state index in [0.717, 1.165) is 12.8 Å². The average molecular weight is 313 g/mol. The number of carbonyl (C=O) groups is 1. The van der Waals surface area contributed by atoms with E-state index < -0.39 is 11.4 Å². The van der Waals surface area contributed by atoms with Crippen LogP contribution in [0.2, 0.25) is 0 Å². The molecule has 0 aliphatic heterocycles. The molecule has 22 heavy (non-hydrogen) atoms. The molecule has 132 valence electrons. The van der Waals surface area contributed by atoms with E-state index in [2.05, 4.69) is 20.8 Å². The van der Waals surface area contributed by atoms with Gasteiger partial charge in [-0.25, -0.2) is 0 Å². The molecule has 0 spiro atoms. The van der Waals surface area contributed by atoms with Gasteiger partial charge in [0.1, 0.15) is 0 Å². The predicted molar refractivity (Wildman–Crippen MR) is 96.3 cm³/mol. The van der Waals surface area contributed by atoms with Gasteiger partial charge in [-0.2, -0.15) is 0 Å². The van der Waals surface area contributed by atoms with E-state index in [0.29, 0.717) is 0 Å². The van der Waals surface area contributed by atoms with Crippen LogP contribution in [0.25, 0.3) is 0 Å². The van der Waals surface area contributed by atoms with Crippen LogP contribution in [0.5, 0.6) is 0 Å². The zero-order valence-corrected chi connectivity index (χ0v) is 15.8. The van der Waals surface area contributed by atoms with Crippen LogP contribution < -0.4 is 0 Å². The summed E-state index contributed by atoms with van der Waals surface area (Å²) in [6.07, 6.45) is 15.7. The Kier molecular flexibility index (Phi) is 10.8. The standard InChI is InChI=1S/C20H40O2/c1-6-7-8-9-10-11-12-13-14-15-16-17-19(2,3)20(4,5)18(21)22/h6-17H2,1-5H3,(H,21,22). The lowest BCUT2D eigenvalue weighted by atomic mass is 9.65. The lowest BCUT2D eigenvalue weighted by Crippen LogP contribution is -2.39. The number of unbranched alkanes of at least 4 members (excludes halogenated alkanes) is 10. The Hall–Kier alpha value is -0.530. The molecule has 0 aromatic carbocycles. The number of hydrogen-bond donors (Lipinski definition) is 1. The fraction of sp³-hybridized carbons (Fsp3) is 0.950. The molecule has 0 aromatic rings. The molecule has 0 amide bonds.